The van der Waals surface area contributed by atoms with Crippen LogP contribution in [0.1, 0.15) is 28.9 Å². The van der Waals surface area contributed by atoms with Gasteiger partial charge in [0, 0.05) is 18.1 Å². The molecule has 2 aliphatic rings. The zero-order valence-electron chi connectivity index (χ0n) is 11.1. The highest BCUT2D eigenvalue weighted by molar-refractivity contribution is 7.17. The van der Waals surface area contributed by atoms with Gasteiger partial charge in [0.05, 0.1) is 9.75 Å². The Labute approximate surface area is 130 Å². The normalized spacial score (nSPS) is 27.2. The monoisotopic (exact) mass is 323 g/mol. The van der Waals surface area contributed by atoms with Gasteiger partial charge in [0.25, 0.3) is 5.91 Å². The van der Waals surface area contributed by atoms with E-state index in [2.05, 4.69) is 15.6 Å². The van der Waals surface area contributed by atoms with Crippen LogP contribution >= 0.6 is 22.9 Å². The van der Waals surface area contributed by atoms with Crippen molar-refractivity contribution >= 4 is 28.8 Å². The molecule has 2 aromatic rings. The number of amides is 1. The smallest absolute Gasteiger partial charge is 0.261 e. The molecule has 3 atom stereocenters. The Balaban J connectivity index is 1.46. The molecule has 0 spiro atoms. The average Bonchev–Trinajstić information content (AvgIpc) is 3.22. The first-order chi connectivity index (χ1) is 10.2. The lowest BCUT2D eigenvalue weighted by atomic mass is 9.95. The van der Waals surface area contributed by atoms with Crippen molar-refractivity contribution in [2.45, 2.75) is 37.4 Å². The predicted molar refractivity (Wildman–Crippen MR) is 80.6 cm³/mol. The van der Waals surface area contributed by atoms with Gasteiger partial charge in [-0.1, -0.05) is 11.6 Å². The second-order valence-electron chi connectivity index (χ2n) is 5.50. The quantitative estimate of drug-likeness (QED) is 0.911. The Bertz CT molecular complexity index is 683. The van der Waals surface area contributed by atoms with Crippen LogP contribution in [0.4, 0.5) is 0 Å². The van der Waals surface area contributed by atoms with E-state index < -0.39 is 0 Å². The van der Waals surface area contributed by atoms with Gasteiger partial charge in [0.15, 0.2) is 5.15 Å². The van der Waals surface area contributed by atoms with Crippen molar-refractivity contribution in [1.82, 2.24) is 15.6 Å². The van der Waals surface area contributed by atoms with E-state index in [1.165, 1.54) is 24.0 Å². The maximum absolute atomic E-state index is 12.3. The summed E-state index contributed by atoms with van der Waals surface area (Å²) < 4.78 is 5.24. The molecule has 5 nitrogen and oxygen atoms in total. The third-order valence-corrected chi connectivity index (χ3v) is 5.38. The average molecular weight is 324 g/mol. The second kappa shape index (κ2) is 5.12. The van der Waals surface area contributed by atoms with E-state index in [1.807, 2.05) is 6.07 Å². The highest BCUT2D eigenvalue weighted by Gasteiger charge is 2.39. The van der Waals surface area contributed by atoms with Crippen molar-refractivity contribution in [3.05, 3.63) is 28.4 Å². The van der Waals surface area contributed by atoms with Crippen molar-refractivity contribution in [1.29, 1.82) is 0 Å². The molecule has 1 amide bonds. The summed E-state index contributed by atoms with van der Waals surface area (Å²) in [4.78, 5) is 17.8. The van der Waals surface area contributed by atoms with E-state index in [9.17, 15) is 4.79 Å². The number of nitrogens with zero attached hydrogens (tertiary/aromatic N) is 1. The second-order valence-corrected chi connectivity index (χ2v) is 6.97. The van der Waals surface area contributed by atoms with Crippen molar-refractivity contribution in [3.8, 4) is 10.8 Å². The Kier molecular flexibility index (Phi) is 3.24. The van der Waals surface area contributed by atoms with Crippen LogP contribution in [-0.2, 0) is 0 Å². The molecule has 0 radical (unpaired) electrons. The topological polar surface area (TPSA) is 67.2 Å². The van der Waals surface area contributed by atoms with Crippen LogP contribution in [0.5, 0.6) is 0 Å². The number of aromatic nitrogens is 1. The minimum Gasteiger partial charge on any atom is -0.442 e. The highest BCUT2D eigenvalue weighted by atomic mass is 35.5. The van der Waals surface area contributed by atoms with Crippen LogP contribution in [-0.4, -0.2) is 29.0 Å². The number of thiophene rings is 1. The van der Waals surface area contributed by atoms with Gasteiger partial charge in [-0.2, -0.15) is 4.98 Å². The molecule has 0 unspecified atom stereocenters. The largest absolute Gasteiger partial charge is 0.442 e. The molecular formula is C14H14ClN3O2S. The summed E-state index contributed by atoms with van der Waals surface area (Å²) in [5.41, 5.74) is 0. The first kappa shape index (κ1) is 13.3. The number of hydrogen-bond donors (Lipinski definition) is 2. The van der Waals surface area contributed by atoms with Gasteiger partial charge in [-0.05, 0) is 31.4 Å². The van der Waals surface area contributed by atoms with E-state index in [-0.39, 0.29) is 11.9 Å². The molecule has 2 bridgehead atoms. The van der Waals surface area contributed by atoms with E-state index >= 15 is 0 Å². The van der Waals surface area contributed by atoms with E-state index in [4.69, 9.17) is 16.0 Å². The number of hydrogen-bond acceptors (Lipinski definition) is 5. The fraction of sp³-hybridized carbons (Fsp3) is 0.429. The van der Waals surface area contributed by atoms with Crippen molar-refractivity contribution < 1.29 is 9.21 Å². The van der Waals surface area contributed by atoms with Crippen molar-refractivity contribution in [2.75, 3.05) is 0 Å². The van der Waals surface area contributed by atoms with Crippen LogP contribution in [0, 0.1) is 0 Å². The lowest BCUT2D eigenvalue weighted by molar-refractivity contribution is 0.0935. The maximum atomic E-state index is 12.3. The summed E-state index contributed by atoms with van der Waals surface area (Å²) in [6, 6.07) is 4.89. The van der Waals surface area contributed by atoms with Crippen LogP contribution in [0.3, 0.4) is 0 Å². The minimum atomic E-state index is -0.0248. The van der Waals surface area contributed by atoms with E-state index in [0.29, 0.717) is 28.0 Å². The third kappa shape index (κ3) is 2.47. The van der Waals surface area contributed by atoms with Crippen molar-refractivity contribution in [2.24, 2.45) is 0 Å². The van der Waals surface area contributed by atoms with Gasteiger partial charge in [0.1, 0.15) is 6.26 Å². The Morgan fingerprint density at radius 2 is 2.38 bits per heavy atom. The lowest BCUT2D eigenvalue weighted by Gasteiger charge is -2.20. The van der Waals surface area contributed by atoms with Crippen molar-refractivity contribution in [3.63, 3.8) is 0 Å². The van der Waals surface area contributed by atoms with Crippen LogP contribution in [0.15, 0.2) is 22.8 Å². The zero-order chi connectivity index (χ0) is 14.4. The molecule has 2 aliphatic heterocycles. The molecule has 4 heterocycles. The summed E-state index contributed by atoms with van der Waals surface area (Å²) in [7, 11) is 0. The van der Waals surface area contributed by atoms with Crippen LogP contribution < -0.4 is 10.6 Å². The standard InChI is InChI=1S/C14H14ClN3O2S/c15-12-6-20-14(18-12)11-4-3-10(21-11)13(19)17-9-5-7-1-2-8(9)16-7/h3-4,6-9,16H,1-2,5H2,(H,17,19)/t7-,8+,9-/m1/s1. The Morgan fingerprint density at radius 1 is 1.48 bits per heavy atom. The number of oxazole rings is 1. The Hall–Kier alpha value is -1.37. The molecule has 2 saturated heterocycles. The summed E-state index contributed by atoms with van der Waals surface area (Å²) >= 11 is 7.11. The van der Waals surface area contributed by atoms with E-state index in [0.717, 1.165) is 17.7 Å². The van der Waals surface area contributed by atoms with Gasteiger partial charge in [-0.3, -0.25) is 4.79 Å². The SMILES string of the molecule is O=C(N[C@@H]1C[C@H]2CC[C@@H]1N2)c1ccc(-c2nc(Cl)co2)s1. The minimum absolute atomic E-state index is 0.0248. The zero-order valence-corrected chi connectivity index (χ0v) is 12.7. The summed E-state index contributed by atoms with van der Waals surface area (Å²) in [6.07, 6.45) is 4.80. The molecule has 0 saturated carbocycles. The van der Waals surface area contributed by atoms with Gasteiger partial charge in [0.2, 0.25) is 5.89 Å². The molecule has 4 rings (SSSR count). The van der Waals surface area contributed by atoms with E-state index in [1.54, 1.807) is 6.07 Å². The fourth-order valence-corrected chi connectivity index (χ4v) is 4.13. The van der Waals surface area contributed by atoms with Gasteiger partial charge in [-0.25, -0.2) is 0 Å². The third-order valence-electron chi connectivity index (χ3n) is 4.13. The first-order valence-electron chi connectivity index (χ1n) is 6.97. The molecule has 0 aromatic carbocycles. The molecule has 110 valence electrons. The van der Waals surface area contributed by atoms with Crippen LogP contribution in [0.25, 0.3) is 10.8 Å². The summed E-state index contributed by atoms with van der Waals surface area (Å²) in [6.45, 7) is 0. The summed E-state index contributed by atoms with van der Waals surface area (Å²) in [5.74, 6) is 0.425. The molecule has 2 fully saturated rings. The maximum Gasteiger partial charge on any atom is 0.261 e. The number of halogens is 1. The number of fused-ring (bicyclic) bond motifs is 2. The molecule has 7 heteroatoms. The number of carbonyl (C=O) groups is 1. The number of nitrogens with one attached hydrogen (secondary N) is 2. The number of rotatable bonds is 3. The molecule has 21 heavy (non-hydrogen) atoms. The predicted octanol–water partition coefficient (Wildman–Crippen LogP) is 2.68. The Morgan fingerprint density at radius 3 is 3.05 bits per heavy atom. The number of carbonyl (C=O) groups excluding carboxylic acids is 1. The van der Waals surface area contributed by atoms with Gasteiger partial charge in [-0.15, -0.1) is 11.3 Å². The molecule has 2 aromatic heterocycles. The fourth-order valence-electron chi connectivity index (χ4n) is 3.17. The molecule has 2 N–H and O–H groups in total. The molecule has 0 aliphatic carbocycles. The van der Waals surface area contributed by atoms with Gasteiger partial charge >= 0.3 is 0 Å². The first-order valence-corrected chi connectivity index (χ1v) is 8.16. The summed E-state index contributed by atoms with van der Waals surface area (Å²) in [5, 5.41) is 6.96. The van der Waals surface area contributed by atoms with Crippen LogP contribution in [0.2, 0.25) is 5.15 Å². The highest BCUT2D eigenvalue weighted by Crippen LogP contribution is 2.30. The molecular weight excluding hydrogens is 310 g/mol. The van der Waals surface area contributed by atoms with Gasteiger partial charge < -0.3 is 15.1 Å². The lowest BCUT2D eigenvalue weighted by Crippen LogP contribution is -2.42.